The van der Waals surface area contributed by atoms with Crippen molar-refractivity contribution in [3.05, 3.63) is 34.9 Å². The molecule has 1 N–H and O–H groups in total. The maximum atomic E-state index is 11.7. The Labute approximate surface area is 158 Å². The Morgan fingerprint density at radius 3 is 2.62 bits per heavy atom. The molecule has 0 fully saturated rings. The average Bonchev–Trinajstić information content (AvgIpc) is 2.62. The third-order valence-electron chi connectivity index (χ3n) is 5.17. The third kappa shape index (κ3) is 7.28. The van der Waals surface area contributed by atoms with Gasteiger partial charge in [0.2, 0.25) is 0 Å². The zero-order valence-corrected chi connectivity index (χ0v) is 16.8. The van der Waals surface area contributed by atoms with Crippen LogP contribution in [0.4, 0.5) is 0 Å². The lowest BCUT2D eigenvalue weighted by Gasteiger charge is -2.35. The summed E-state index contributed by atoms with van der Waals surface area (Å²) in [4.78, 5) is 23.1. The molecule has 0 heterocycles. The highest BCUT2D eigenvalue weighted by atomic mass is 16.5. The minimum absolute atomic E-state index is 0.126. The van der Waals surface area contributed by atoms with Crippen LogP contribution in [0.15, 0.2) is 34.9 Å². The molecule has 146 valence electrons. The minimum Gasteiger partial charge on any atom is -0.465 e. The standard InChI is InChI=1S/C22H34O4/c1-15(2)7-6-8-17(4)22-20(14-26-18(5)24)19(13-23)11-9-16(3)10-12-21(22)25/h7,9,11,13,17,20-22,25H,6,8,10,12,14H2,1-5H3/b16-9-,19-11-/t17-,20-,21-,22+/m1/s1. The zero-order valence-electron chi connectivity index (χ0n) is 16.8. The third-order valence-corrected chi connectivity index (χ3v) is 5.17. The van der Waals surface area contributed by atoms with Crippen LogP contribution in [0, 0.1) is 17.8 Å². The molecule has 4 atom stereocenters. The molecule has 0 saturated heterocycles. The van der Waals surface area contributed by atoms with Crippen LogP contribution in [0.25, 0.3) is 0 Å². The van der Waals surface area contributed by atoms with Crippen LogP contribution < -0.4 is 0 Å². The highest BCUT2D eigenvalue weighted by molar-refractivity contribution is 5.75. The molecule has 4 heteroatoms. The molecule has 0 bridgehead atoms. The molecule has 0 aromatic heterocycles. The lowest BCUT2D eigenvalue weighted by molar-refractivity contribution is -0.143. The number of esters is 1. The first-order valence-electron chi connectivity index (χ1n) is 9.53. The van der Waals surface area contributed by atoms with E-state index in [2.05, 4.69) is 26.8 Å². The molecular formula is C22H34O4. The number of aliphatic hydroxyl groups is 1. The van der Waals surface area contributed by atoms with E-state index in [4.69, 9.17) is 4.74 Å². The highest BCUT2D eigenvalue weighted by Crippen LogP contribution is 2.36. The van der Waals surface area contributed by atoms with Crippen molar-refractivity contribution in [2.75, 3.05) is 6.61 Å². The molecule has 0 aromatic carbocycles. The number of carbonyl (C=O) groups is 2. The monoisotopic (exact) mass is 362 g/mol. The predicted molar refractivity (Wildman–Crippen MR) is 105 cm³/mol. The quantitative estimate of drug-likeness (QED) is 0.414. The van der Waals surface area contributed by atoms with Crippen LogP contribution >= 0.6 is 0 Å². The zero-order chi connectivity index (χ0) is 19.7. The molecule has 0 radical (unpaired) electrons. The molecule has 26 heavy (non-hydrogen) atoms. The van der Waals surface area contributed by atoms with E-state index in [1.165, 1.54) is 12.5 Å². The summed E-state index contributed by atoms with van der Waals surface area (Å²) in [6, 6.07) is 0. The number of ether oxygens (including phenoxy) is 1. The van der Waals surface area contributed by atoms with E-state index < -0.39 is 6.10 Å². The Balaban J connectivity index is 3.16. The number of rotatable bonds is 7. The summed E-state index contributed by atoms with van der Waals surface area (Å²) in [5, 5.41) is 10.9. The first-order valence-corrected chi connectivity index (χ1v) is 9.53. The van der Waals surface area contributed by atoms with Gasteiger partial charge in [0.05, 0.1) is 12.7 Å². The maximum Gasteiger partial charge on any atom is 0.302 e. The number of allylic oxidation sites excluding steroid dienone is 5. The first kappa shape index (κ1) is 22.4. The van der Waals surface area contributed by atoms with Crippen molar-refractivity contribution in [2.24, 2.45) is 17.8 Å². The molecule has 4 nitrogen and oxygen atoms in total. The van der Waals surface area contributed by atoms with Crippen LogP contribution in [0.1, 0.15) is 60.3 Å². The summed E-state index contributed by atoms with van der Waals surface area (Å²) in [6.45, 7) is 9.77. The van der Waals surface area contributed by atoms with Crippen molar-refractivity contribution in [2.45, 2.75) is 66.4 Å². The Kier molecular flexibility index (Phi) is 9.57. The van der Waals surface area contributed by atoms with Gasteiger partial charge < -0.3 is 9.84 Å². The van der Waals surface area contributed by atoms with Crippen LogP contribution in [0.2, 0.25) is 0 Å². The number of aliphatic hydroxyl groups excluding tert-OH is 1. The number of aldehydes is 1. The molecule has 1 rings (SSSR count). The normalized spacial score (nSPS) is 28.9. The van der Waals surface area contributed by atoms with Gasteiger partial charge in [-0.2, -0.15) is 0 Å². The number of carbonyl (C=O) groups excluding carboxylic acids is 2. The minimum atomic E-state index is -0.540. The summed E-state index contributed by atoms with van der Waals surface area (Å²) in [5.41, 5.74) is 3.00. The fraction of sp³-hybridized carbons (Fsp3) is 0.636. The van der Waals surface area contributed by atoms with E-state index in [0.717, 1.165) is 31.1 Å². The van der Waals surface area contributed by atoms with Crippen LogP contribution in [0.5, 0.6) is 0 Å². The van der Waals surface area contributed by atoms with Crippen molar-refractivity contribution in [1.82, 2.24) is 0 Å². The second kappa shape index (κ2) is 11.1. The van der Waals surface area contributed by atoms with Gasteiger partial charge in [0.1, 0.15) is 6.29 Å². The van der Waals surface area contributed by atoms with E-state index >= 15 is 0 Å². The maximum absolute atomic E-state index is 11.7. The van der Waals surface area contributed by atoms with Crippen molar-refractivity contribution >= 4 is 12.3 Å². The molecule has 0 saturated carbocycles. The second-order valence-corrected chi connectivity index (χ2v) is 7.73. The summed E-state index contributed by atoms with van der Waals surface area (Å²) >= 11 is 0. The van der Waals surface area contributed by atoms with Crippen molar-refractivity contribution in [3.63, 3.8) is 0 Å². The van der Waals surface area contributed by atoms with E-state index in [9.17, 15) is 14.7 Å². The van der Waals surface area contributed by atoms with E-state index in [1.54, 1.807) is 0 Å². The van der Waals surface area contributed by atoms with Gasteiger partial charge in [-0.15, -0.1) is 0 Å². The Hall–Kier alpha value is -1.68. The second-order valence-electron chi connectivity index (χ2n) is 7.73. The molecule has 0 amide bonds. The van der Waals surface area contributed by atoms with E-state index in [-0.39, 0.29) is 30.3 Å². The van der Waals surface area contributed by atoms with Crippen molar-refractivity contribution < 1.29 is 19.4 Å². The van der Waals surface area contributed by atoms with Gasteiger partial charge in [-0.3, -0.25) is 9.59 Å². The topological polar surface area (TPSA) is 63.6 Å². The largest absolute Gasteiger partial charge is 0.465 e. The lowest BCUT2D eigenvalue weighted by atomic mass is 9.73. The van der Waals surface area contributed by atoms with Crippen LogP contribution in [-0.2, 0) is 14.3 Å². The SMILES string of the molecule is CC(=O)OC[C@@H]1/C(C=O)=C\C=C(\C)CC[C@@H](O)[C@H]1[C@H](C)CCC=C(C)C. The molecule has 0 spiro atoms. The van der Waals surface area contributed by atoms with Gasteiger partial charge in [-0.1, -0.05) is 36.3 Å². The van der Waals surface area contributed by atoms with Crippen LogP contribution in [0.3, 0.4) is 0 Å². The van der Waals surface area contributed by atoms with Crippen LogP contribution in [-0.4, -0.2) is 30.1 Å². The van der Waals surface area contributed by atoms with E-state index in [1.807, 2.05) is 19.1 Å². The van der Waals surface area contributed by atoms with E-state index in [0.29, 0.717) is 12.0 Å². The lowest BCUT2D eigenvalue weighted by Crippen LogP contribution is -2.37. The molecule has 0 aliphatic heterocycles. The highest BCUT2D eigenvalue weighted by Gasteiger charge is 2.35. The molecule has 1 aliphatic carbocycles. The van der Waals surface area contributed by atoms with Gasteiger partial charge in [0.25, 0.3) is 0 Å². The van der Waals surface area contributed by atoms with Gasteiger partial charge in [0.15, 0.2) is 0 Å². The average molecular weight is 363 g/mol. The van der Waals surface area contributed by atoms with Gasteiger partial charge in [0, 0.05) is 12.8 Å². The molecule has 0 aromatic rings. The summed E-state index contributed by atoms with van der Waals surface area (Å²) in [6.07, 6.45) is 9.55. The first-order chi connectivity index (χ1) is 12.3. The molecule has 0 unspecified atom stereocenters. The predicted octanol–water partition coefficient (Wildman–Crippen LogP) is 4.39. The summed E-state index contributed by atoms with van der Waals surface area (Å²) in [5.74, 6) is -0.596. The smallest absolute Gasteiger partial charge is 0.302 e. The van der Waals surface area contributed by atoms with Crippen molar-refractivity contribution in [3.8, 4) is 0 Å². The number of hydrogen-bond acceptors (Lipinski definition) is 4. The Morgan fingerprint density at radius 1 is 1.35 bits per heavy atom. The number of hydrogen-bond donors (Lipinski definition) is 1. The Bertz CT molecular complexity index is 567. The fourth-order valence-corrected chi connectivity index (χ4v) is 3.65. The molecular weight excluding hydrogens is 328 g/mol. The van der Waals surface area contributed by atoms with Crippen molar-refractivity contribution in [1.29, 1.82) is 0 Å². The van der Waals surface area contributed by atoms with Gasteiger partial charge >= 0.3 is 5.97 Å². The van der Waals surface area contributed by atoms with Gasteiger partial charge in [-0.05, 0) is 63.9 Å². The summed E-state index contributed by atoms with van der Waals surface area (Å²) < 4.78 is 5.27. The summed E-state index contributed by atoms with van der Waals surface area (Å²) in [7, 11) is 0. The molecule has 1 aliphatic rings. The fourth-order valence-electron chi connectivity index (χ4n) is 3.65. The van der Waals surface area contributed by atoms with Gasteiger partial charge in [-0.25, -0.2) is 0 Å². The Morgan fingerprint density at radius 2 is 2.04 bits per heavy atom.